The van der Waals surface area contributed by atoms with Crippen LogP contribution in [0.25, 0.3) is 52.3 Å². The van der Waals surface area contributed by atoms with Gasteiger partial charge in [0.25, 0.3) is 0 Å². The molecular formula is C43H50N8O6S2. The second kappa shape index (κ2) is 16.0. The number of alkyl carbamates (subject to hydrolysis) is 1. The molecule has 14 nitrogen and oxygen atoms in total. The number of aromatic amines is 2. The average Bonchev–Trinajstić information content (AvgIpc) is 3.95. The minimum atomic E-state index is -0.681. The fourth-order valence-corrected chi connectivity index (χ4v) is 11.0. The summed E-state index contributed by atoms with van der Waals surface area (Å²) in [7, 11) is 2.91. The number of rotatable bonds is 12. The van der Waals surface area contributed by atoms with Crippen molar-refractivity contribution in [2.75, 3.05) is 27.3 Å². The number of likely N-dealkylation sites (tertiary alicyclic amines) is 2. The van der Waals surface area contributed by atoms with Gasteiger partial charge in [-0.15, -0.1) is 22.7 Å². The number of nitrogens with one attached hydrogen (secondary N) is 4. The zero-order chi connectivity index (χ0) is 41.1. The van der Waals surface area contributed by atoms with Crippen molar-refractivity contribution in [1.29, 1.82) is 0 Å². The van der Waals surface area contributed by atoms with Crippen LogP contribution >= 0.6 is 22.7 Å². The van der Waals surface area contributed by atoms with Crippen molar-refractivity contribution in [3.05, 3.63) is 60.2 Å². The number of epoxide rings is 1. The van der Waals surface area contributed by atoms with Crippen LogP contribution in [-0.2, 0) is 23.8 Å². The maximum Gasteiger partial charge on any atom is 0.407 e. The molecule has 6 atom stereocenters. The molecule has 4 unspecified atom stereocenters. The van der Waals surface area contributed by atoms with Gasteiger partial charge in [-0.25, -0.2) is 14.8 Å². The first-order chi connectivity index (χ1) is 28.5. The number of carbonyl (C=O) groups excluding carboxylic acids is 3. The SMILES string of the molecule is COC(=O)N[C@H](C(=O)N1CCCC1c1nc2ccc(-c3cc4sc(-c5ccc6nc(C7CCCN7C(=O)[C@@H](NC7OC7OC)C(C)C)[nH]c6c5)cc4s3)cc2[nH]1)C(C)C. The number of imidazole rings is 2. The molecule has 7 heterocycles. The number of thiophene rings is 2. The molecule has 4 N–H and O–H groups in total. The van der Waals surface area contributed by atoms with E-state index in [0.717, 1.165) is 70.5 Å². The molecule has 16 heteroatoms. The molecule has 0 bridgehead atoms. The highest BCUT2D eigenvalue weighted by atomic mass is 32.1. The van der Waals surface area contributed by atoms with Gasteiger partial charge in [0.1, 0.15) is 17.7 Å². The first kappa shape index (κ1) is 39.6. The van der Waals surface area contributed by atoms with E-state index in [0.29, 0.717) is 13.1 Å². The first-order valence-electron chi connectivity index (χ1n) is 20.4. The number of carbonyl (C=O) groups is 3. The van der Waals surface area contributed by atoms with Gasteiger partial charge in [0.2, 0.25) is 11.8 Å². The molecule has 9 rings (SSSR count). The minimum Gasteiger partial charge on any atom is -0.453 e. The second-order valence-electron chi connectivity index (χ2n) is 16.4. The molecule has 4 aromatic heterocycles. The number of methoxy groups -OCH3 is 2. The standard InChI is InChI=1S/C43H50N8O6S2/c1-21(2)35(48-39-42(55-5)57-39)40(52)50-15-7-9-29(50)37-44-25-13-11-23(17-27(25)46-37)31-19-33-34(58-31)20-32(59-33)24-12-14-26-28(18-24)47-38(45-26)30-10-8-16-51(30)41(53)36(22(3)4)49-43(54)56-6/h11-14,17-22,29-30,35-36,39,42,48H,7-10,15-16H2,1-6H3,(H,44,46)(H,45,47)(H,49,54)/t29?,30?,35-,36-,39?,42?/m0/s1. The smallest absolute Gasteiger partial charge is 0.407 e. The topological polar surface area (TPSA) is 170 Å². The molecule has 6 aromatic rings. The number of benzene rings is 2. The minimum absolute atomic E-state index is 0.0673. The first-order valence-corrected chi connectivity index (χ1v) is 22.1. The molecule has 3 aliphatic heterocycles. The van der Waals surface area contributed by atoms with Gasteiger partial charge in [-0.2, -0.15) is 0 Å². The van der Waals surface area contributed by atoms with Crippen LogP contribution in [0, 0.1) is 11.8 Å². The lowest BCUT2D eigenvalue weighted by molar-refractivity contribution is -0.136. The summed E-state index contributed by atoms with van der Waals surface area (Å²) < 4.78 is 18.0. The lowest BCUT2D eigenvalue weighted by atomic mass is 10.0. The molecule has 0 aliphatic carbocycles. The highest BCUT2D eigenvalue weighted by molar-refractivity contribution is 7.31. The molecule has 3 amide bonds. The number of ether oxygens (including phenoxy) is 3. The maximum absolute atomic E-state index is 13.9. The van der Waals surface area contributed by atoms with Gasteiger partial charge in [0, 0.05) is 39.4 Å². The molecule has 2 aromatic carbocycles. The quantitative estimate of drug-likeness (QED) is 0.0903. The Hall–Kier alpha value is -4.87. The van der Waals surface area contributed by atoms with E-state index in [1.54, 1.807) is 29.8 Å². The summed E-state index contributed by atoms with van der Waals surface area (Å²) in [5.41, 5.74) is 5.83. The van der Waals surface area contributed by atoms with Crippen LogP contribution in [0.5, 0.6) is 0 Å². The predicted molar refractivity (Wildman–Crippen MR) is 229 cm³/mol. The predicted octanol–water partition coefficient (Wildman–Crippen LogP) is 7.70. The van der Waals surface area contributed by atoms with Gasteiger partial charge in [-0.3, -0.25) is 14.9 Å². The Morgan fingerprint density at radius 1 is 0.763 bits per heavy atom. The summed E-state index contributed by atoms with van der Waals surface area (Å²) in [5, 5.41) is 6.07. The summed E-state index contributed by atoms with van der Waals surface area (Å²) in [4.78, 5) is 62.7. The molecule has 310 valence electrons. The van der Waals surface area contributed by atoms with Crippen LogP contribution in [-0.4, -0.2) is 99.6 Å². The van der Waals surface area contributed by atoms with Gasteiger partial charge in [0.15, 0.2) is 12.5 Å². The third-order valence-corrected chi connectivity index (χ3v) is 14.2. The number of hydrogen-bond acceptors (Lipinski definition) is 11. The lowest BCUT2D eigenvalue weighted by Crippen LogP contribution is -2.51. The van der Waals surface area contributed by atoms with E-state index in [-0.39, 0.29) is 54.3 Å². The lowest BCUT2D eigenvalue weighted by Gasteiger charge is -2.30. The van der Waals surface area contributed by atoms with Crippen LogP contribution < -0.4 is 10.6 Å². The van der Waals surface area contributed by atoms with Crippen molar-refractivity contribution in [2.24, 2.45) is 11.8 Å². The zero-order valence-corrected chi connectivity index (χ0v) is 35.7. The highest BCUT2D eigenvalue weighted by Crippen LogP contribution is 2.43. The zero-order valence-electron chi connectivity index (χ0n) is 34.0. The van der Waals surface area contributed by atoms with E-state index < -0.39 is 12.1 Å². The Balaban J connectivity index is 0.905. The third kappa shape index (κ3) is 7.61. The summed E-state index contributed by atoms with van der Waals surface area (Å²) >= 11 is 3.54. The number of hydrogen-bond donors (Lipinski definition) is 4. The molecule has 3 aliphatic rings. The van der Waals surface area contributed by atoms with Crippen molar-refractivity contribution in [1.82, 2.24) is 40.4 Å². The second-order valence-corrected chi connectivity index (χ2v) is 18.6. The van der Waals surface area contributed by atoms with E-state index >= 15 is 0 Å². The summed E-state index contributed by atoms with van der Waals surface area (Å²) in [6.45, 7) is 9.23. The van der Waals surface area contributed by atoms with Gasteiger partial charge in [-0.05, 0) is 85.0 Å². The van der Waals surface area contributed by atoms with Gasteiger partial charge in [-0.1, -0.05) is 39.8 Å². The fourth-order valence-electron chi connectivity index (χ4n) is 8.61. The van der Waals surface area contributed by atoms with E-state index in [2.05, 4.69) is 63.1 Å². The molecule has 0 spiro atoms. The Morgan fingerprint density at radius 3 is 1.73 bits per heavy atom. The molecular weight excluding hydrogens is 789 g/mol. The Labute approximate surface area is 350 Å². The summed E-state index contributed by atoms with van der Waals surface area (Å²) in [5.74, 6) is 1.51. The molecule has 3 saturated heterocycles. The Kier molecular flexibility index (Phi) is 10.7. The maximum atomic E-state index is 13.9. The monoisotopic (exact) mass is 838 g/mol. The van der Waals surface area contributed by atoms with Crippen LogP contribution in [0.3, 0.4) is 0 Å². The highest BCUT2D eigenvalue weighted by Gasteiger charge is 2.45. The van der Waals surface area contributed by atoms with Crippen molar-refractivity contribution in [3.63, 3.8) is 0 Å². The van der Waals surface area contributed by atoms with Crippen molar-refractivity contribution < 1.29 is 28.6 Å². The van der Waals surface area contributed by atoms with Crippen LogP contribution in [0.15, 0.2) is 48.5 Å². The number of nitrogens with zero attached hydrogens (tertiary/aromatic N) is 4. The van der Waals surface area contributed by atoms with E-state index in [9.17, 15) is 14.4 Å². The average molecular weight is 839 g/mol. The van der Waals surface area contributed by atoms with Crippen molar-refractivity contribution >= 4 is 72.0 Å². The summed E-state index contributed by atoms with van der Waals surface area (Å²) in [6.07, 6.45) is 2.25. The van der Waals surface area contributed by atoms with Gasteiger partial charge < -0.3 is 39.3 Å². The number of fused-ring (bicyclic) bond motifs is 3. The molecule has 0 saturated carbocycles. The van der Waals surface area contributed by atoms with E-state index in [4.69, 9.17) is 24.2 Å². The van der Waals surface area contributed by atoms with Crippen LogP contribution in [0.4, 0.5) is 4.79 Å². The summed E-state index contributed by atoms with van der Waals surface area (Å²) in [6, 6.07) is 15.8. The van der Waals surface area contributed by atoms with Crippen molar-refractivity contribution in [2.45, 2.75) is 90.1 Å². The van der Waals surface area contributed by atoms with Gasteiger partial charge in [0.05, 0.1) is 47.3 Å². The van der Waals surface area contributed by atoms with E-state index in [1.165, 1.54) is 26.3 Å². The van der Waals surface area contributed by atoms with E-state index in [1.807, 2.05) is 43.6 Å². The Bertz CT molecular complexity index is 2510. The molecule has 59 heavy (non-hydrogen) atoms. The molecule has 0 radical (unpaired) electrons. The number of aromatic nitrogens is 4. The van der Waals surface area contributed by atoms with Crippen LogP contribution in [0.2, 0.25) is 0 Å². The molecule has 3 fully saturated rings. The third-order valence-electron chi connectivity index (χ3n) is 11.8. The largest absolute Gasteiger partial charge is 0.453 e. The normalized spacial score (nSPS) is 21.7. The van der Waals surface area contributed by atoms with Crippen molar-refractivity contribution in [3.8, 4) is 20.9 Å². The Morgan fingerprint density at radius 2 is 1.27 bits per heavy atom. The van der Waals surface area contributed by atoms with Gasteiger partial charge >= 0.3 is 6.09 Å². The van der Waals surface area contributed by atoms with Crippen LogP contribution in [0.1, 0.15) is 77.1 Å². The number of amides is 3. The fraction of sp³-hybridized carbons (Fsp3) is 0.465. The number of H-pyrrole nitrogens is 2.